The molecule has 2 atom stereocenters. The van der Waals surface area contributed by atoms with Crippen LogP contribution in [-0.4, -0.2) is 50.0 Å². The van der Waals surface area contributed by atoms with E-state index in [9.17, 15) is 0 Å². The van der Waals surface area contributed by atoms with Gasteiger partial charge in [0.25, 0.3) is 0 Å². The molecule has 23 heavy (non-hydrogen) atoms. The van der Waals surface area contributed by atoms with Gasteiger partial charge in [-0.3, -0.25) is 0 Å². The molecule has 0 saturated carbocycles. The van der Waals surface area contributed by atoms with Crippen LogP contribution < -0.4 is 4.90 Å². The molecule has 3 aromatic heterocycles. The van der Waals surface area contributed by atoms with Crippen molar-refractivity contribution < 1.29 is 4.74 Å². The fraction of sp³-hybridized carbons (Fsp3) is 0.375. The van der Waals surface area contributed by atoms with E-state index >= 15 is 0 Å². The number of hydrogen-bond donors (Lipinski definition) is 0. The Morgan fingerprint density at radius 3 is 2.65 bits per heavy atom. The van der Waals surface area contributed by atoms with Gasteiger partial charge < -0.3 is 9.64 Å². The van der Waals surface area contributed by atoms with E-state index in [0.29, 0.717) is 0 Å². The Balaban J connectivity index is 1.79. The summed E-state index contributed by atoms with van der Waals surface area (Å²) in [6.45, 7) is 5.78. The molecule has 4 rings (SSSR count). The number of hydrogen-bond acceptors (Lipinski definition) is 6. The topological polar surface area (TPSA) is 69.0 Å². The van der Waals surface area contributed by atoms with E-state index in [1.54, 1.807) is 17.2 Å². The lowest BCUT2D eigenvalue weighted by molar-refractivity contribution is -0.00537. The third-order valence-electron chi connectivity index (χ3n) is 3.93. The van der Waals surface area contributed by atoms with Crippen LogP contribution >= 0.6 is 0 Å². The van der Waals surface area contributed by atoms with Crippen molar-refractivity contribution in [3.8, 4) is 5.82 Å². The Labute approximate surface area is 133 Å². The van der Waals surface area contributed by atoms with Crippen LogP contribution in [0.25, 0.3) is 16.9 Å². The first kappa shape index (κ1) is 14.1. The highest BCUT2D eigenvalue weighted by Crippen LogP contribution is 2.26. The Morgan fingerprint density at radius 2 is 1.91 bits per heavy atom. The lowest BCUT2D eigenvalue weighted by Gasteiger charge is -2.36. The van der Waals surface area contributed by atoms with E-state index in [-0.39, 0.29) is 12.2 Å². The molecule has 0 N–H and O–H groups in total. The van der Waals surface area contributed by atoms with Crippen LogP contribution in [0.3, 0.4) is 0 Å². The van der Waals surface area contributed by atoms with E-state index in [1.165, 1.54) is 0 Å². The zero-order valence-electron chi connectivity index (χ0n) is 13.1. The zero-order chi connectivity index (χ0) is 15.8. The molecule has 0 amide bonds. The van der Waals surface area contributed by atoms with Crippen LogP contribution in [0.2, 0.25) is 0 Å². The summed E-state index contributed by atoms with van der Waals surface area (Å²) in [5.41, 5.74) is 0.764. The van der Waals surface area contributed by atoms with Gasteiger partial charge in [0.05, 0.1) is 23.8 Å². The Hall–Kier alpha value is -2.54. The molecule has 1 aliphatic heterocycles. The summed E-state index contributed by atoms with van der Waals surface area (Å²) in [6, 6.07) is 5.72. The zero-order valence-corrected chi connectivity index (χ0v) is 13.1. The molecule has 1 aliphatic rings. The highest BCUT2D eigenvalue weighted by molar-refractivity contribution is 5.87. The smallest absolute Gasteiger partial charge is 0.170 e. The summed E-state index contributed by atoms with van der Waals surface area (Å²) >= 11 is 0. The lowest BCUT2D eigenvalue weighted by Crippen LogP contribution is -2.45. The van der Waals surface area contributed by atoms with Gasteiger partial charge in [0.2, 0.25) is 0 Å². The normalized spacial score (nSPS) is 21.7. The number of pyridine rings is 1. The summed E-state index contributed by atoms with van der Waals surface area (Å²) in [5, 5.41) is 5.38. The largest absolute Gasteiger partial charge is 0.372 e. The number of aromatic nitrogens is 5. The minimum absolute atomic E-state index is 0.176. The monoisotopic (exact) mass is 310 g/mol. The van der Waals surface area contributed by atoms with Gasteiger partial charge in [-0.15, -0.1) is 0 Å². The first-order valence-corrected chi connectivity index (χ1v) is 7.73. The number of nitrogens with zero attached hydrogens (tertiary/aromatic N) is 6. The number of morpholine rings is 1. The standard InChI is InChI=1S/C16H18N6O/c1-11-8-21(9-12(2)23-11)15-13-7-20-22(16(13)19-10-18-15)14-5-3-4-6-17-14/h3-7,10-12H,8-9H2,1-2H3. The van der Waals surface area contributed by atoms with E-state index in [4.69, 9.17) is 4.74 Å². The first-order valence-electron chi connectivity index (χ1n) is 7.73. The summed E-state index contributed by atoms with van der Waals surface area (Å²) in [6.07, 6.45) is 5.49. The molecular formula is C16H18N6O. The number of anilines is 1. The molecule has 4 heterocycles. The van der Waals surface area contributed by atoms with E-state index in [0.717, 1.165) is 35.8 Å². The summed E-state index contributed by atoms with van der Waals surface area (Å²) in [4.78, 5) is 15.5. The lowest BCUT2D eigenvalue weighted by atomic mass is 10.2. The van der Waals surface area contributed by atoms with Crippen molar-refractivity contribution in [1.29, 1.82) is 0 Å². The van der Waals surface area contributed by atoms with Gasteiger partial charge >= 0.3 is 0 Å². The van der Waals surface area contributed by atoms with Gasteiger partial charge in [0.15, 0.2) is 11.5 Å². The molecular weight excluding hydrogens is 292 g/mol. The average molecular weight is 310 g/mol. The molecule has 1 saturated heterocycles. The predicted molar refractivity (Wildman–Crippen MR) is 86.7 cm³/mol. The molecule has 118 valence electrons. The van der Waals surface area contributed by atoms with Crippen molar-refractivity contribution in [1.82, 2.24) is 24.7 Å². The van der Waals surface area contributed by atoms with Gasteiger partial charge in [0, 0.05) is 19.3 Å². The van der Waals surface area contributed by atoms with Crippen molar-refractivity contribution in [2.24, 2.45) is 0 Å². The highest BCUT2D eigenvalue weighted by Gasteiger charge is 2.25. The summed E-state index contributed by atoms with van der Waals surface area (Å²) in [7, 11) is 0. The molecule has 0 aliphatic carbocycles. The average Bonchev–Trinajstić information content (AvgIpc) is 2.98. The Morgan fingerprint density at radius 1 is 1.09 bits per heavy atom. The quantitative estimate of drug-likeness (QED) is 0.719. The maximum atomic E-state index is 5.81. The fourth-order valence-electron chi connectivity index (χ4n) is 3.08. The van der Waals surface area contributed by atoms with E-state index < -0.39 is 0 Å². The number of rotatable bonds is 2. The van der Waals surface area contributed by atoms with Gasteiger partial charge in [-0.05, 0) is 26.0 Å². The molecule has 2 unspecified atom stereocenters. The predicted octanol–water partition coefficient (Wildman–Crippen LogP) is 1.82. The highest BCUT2D eigenvalue weighted by atomic mass is 16.5. The molecule has 1 fully saturated rings. The molecule has 0 aromatic carbocycles. The van der Waals surface area contributed by atoms with Crippen molar-refractivity contribution in [2.75, 3.05) is 18.0 Å². The van der Waals surface area contributed by atoms with Crippen LogP contribution in [0.5, 0.6) is 0 Å². The van der Waals surface area contributed by atoms with Crippen molar-refractivity contribution in [3.63, 3.8) is 0 Å². The van der Waals surface area contributed by atoms with Crippen molar-refractivity contribution >= 4 is 16.9 Å². The van der Waals surface area contributed by atoms with Crippen LogP contribution in [0, 0.1) is 0 Å². The SMILES string of the molecule is CC1CN(c2ncnc3c2cnn3-c2ccccn2)CC(C)O1. The van der Waals surface area contributed by atoms with Crippen LogP contribution in [0.1, 0.15) is 13.8 Å². The minimum Gasteiger partial charge on any atom is -0.372 e. The maximum Gasteiger partial charge on any atom is 0.170 e. The summed E-state index contributed by atoms with van der Waals surface area (Å²) in [5.74, 6) is 1.65. The second-order valence-electron chi connectivity index (χ2n) is 5.84. The first-order chi connectivity index (χ1) is 11.2. The number of fused-ring (bicyclic) bond motifs is 1. The Bertz CT molecular complexity index is 808. The van der Waals surface area contributed by atoms with Gasteiger partial charge in [0.1, 0.15) is 12.1 Å². The third-order valence-corrected chi connectivity index (χ3v) is 3.93. The van der Waals surface area contributed by atoms with Gasteiger partial charge in [-0.1, -0.05) is 6.07 Å². The van der Waals surface area contributed by atoms with Gasteiger partial charge in [-0.2, -0.15) is 9.78 Å². The van der Waals surface area contributed by atoms with E-state index in [1.807, 2.05) is 24.4 Å². The maximum absolute atomic E-state index is 5.81. The Kier molecular flexibility index (Phi) is 3.42. The molecule has 0 spiro atoms. The van der Waals surface area contributed by atoms with Crippen LogP contribution in [-0.2, 0) is 4.74 Å². The molecule has 7 nitrogen and oxygen atoms in total. The second kappa shape index (κ2) is 5.58. The molecule has 3 aromatic rings. The van der Waals surface area contributed by atoms with Gasteiger partial charge in [-0.25, -0.2) is 15.0 Å². The second-order valence-corrected chi connectivity index (χ2v) is 5.84. The number of ether oxygens (including phenoxy) is 1. The third kappa shape index (κ3) is 2.53. The fourth-order valence-corrected chi connectivity index (χ4v) is 3.08. The van der Waals surface area contributed by atoms with E-state index in [2.05, 4.69) is 38.8 Å². The molecule has 0 bridgehead atoms. The minimum atomic E-state index is 0.176. The summed E-state index contributed by atoms with van der Waals surface area (Å²) < 4.78 is 7.55. The van der Waals surface area contributed by atoms with Crippen molar-refractivity contribution in [3.05, 3.63) is 36.9 Å². The molecule has 0 radical (unpaired) electrons. The van der Waals surface area contributed by atoms with Crippen LogP contribution in [0.4, 0.5) is 5.82 Å². The van der Waals surface area contributed by atoms with Crippen molar-refractivity contribution in [2.45, 2.75) is 26.1 Å². The van der Waals surface area contributed by atoms with Crippen LogP contribution in [0.15, 0.2) is 36.9 Å². The molecule has 7 heteroatoms.